The molecule has 4 rings (SSSR count). The highest BCUT2D eigenvalue weighted by atomic mass is 32.2. The van der Waals surface area contributed by atoms with Crippen LogP contribution in [0.5, 0.6) is 0 Å². The average molecular weight is 638 g/mol. The van der Waals surface area contributed by atoms with E-state index in [1.165, 1.54) is 39.0 Å². The fourth-order valence-corrected chi connectivity index (χ4v) is 8.15. The number of ether oxygens (including phenoxy) is 1. The Balaban J connectivity index is 1.67. The highest BCUT2D eigenvalue weighted by Crippen LogP contribution is 2.39. The fourth-order valence-electron chi connectivity index (χ4n) is 5.10. The van der Waals surface area contributed by atoms with E-state index in [1.54, 1.807) is 17.1 Å². The lowest BCUT2D eigenvalue weighted by Gasteiger charge is -2.46. The van der Waals surface area contributed by atoms with Crippen LogP contribution < -0.4 is 4.90 Å². The van der Waals surface area contributed by atoms with Crippen molar-refractivity contribution in [3.63, 3.8) is 0 Å². The molecule has 1 aromatic carbocycles. The molecule has 0 saturated carbocycles. The second-order valence-electron chi connectivity index (χ2n) is 11.3. The van der Waals surface area contributed by atoms with Gasteiger partial charge < -0.3 is 14.7 Å². The second kappa shape index (κ2) is 11.3. The standard InChI is InChI=1S/C26H34F3N3O6S3/c1-24(17-38-18-24)16-31(40(3,34)35)15-21-14-30(41(36,37)23-7-5-4-6-22(23)39)12-13-32(21)20-10-8-19(9-11-20)25(2,33)26(27,28)29/h4-5,7-11,21,33H,6,12-18H2,1-3H3/t21-,25-/m1/s1. The van der Waals surface area contributed by atoms with E-state index in [-0.39, 0.29) is 48.1 Å². The normalized spacial score (nSPS) is 23.7. The summed E-state index contributed by atoms with van der Waals surface area (Å²) in [7, 11) is -7.71. The summed E-state index contributed by atoms with van der Waals surface area (Å²) in [6.45, 7) is 3.56. The Morgan fingerprint density at radius 3 is 2.29 bits per heavy atom. The van der Waals surface area contributed by atoms with Crippen LogP contribution in [-0.4, -0.2) is 99.8 Å². The number of aliphatic hydroxyl groups is 1. The molecule has 15 heteroatoms. The van der Waals surface area contributed by atoms with Crippen molar-refractivity contribution >= 4 is 42.8 Å². The second-order valence-corrected chi connectivity index (χ2v) is 15.7. The molecule has 0 radical (unpaired) electrons. The van der Waals surface area contributed by atoms with Gasteiger partial charge in [-0.25, -0.2) is 16.8 Å². The first kappa shape index (κ1) is 32.0. The van der Waals surface area contributed by atoms with Crippen molar-refractivity contribution < 1.29 is 39.9 Å². The first-order valence-electron chi connectivity index (χ1n) is 12.9. The third-order valence-corrected chi connectivity index (χ3v) is 11.4. The number of hydrogen-bond donors (Lipinski definition) is 1. The minimum atomic E-state index is -4.89. The number of nitrogens with zero attached hydrogens (tertiary/aromatic N) is 3. The third kappa shape index (κ3) is 6.71. The number of hydrogen-bond acceptors (Lipinski definition) is 8. The number of benzene rings is 1. The van der Waals surface area contributed by atoms with Gasteiger partial charge in [-0.1, -0.05) is 43.4 Å². The highest BCUT2D eigenvalue weighted by Gasteiger charge is 2.51. The number of halogens is 3. The van der Waals surface area contributed by atoms with Gasteiger partial charge in [0.2, 0.25) is 20.0 Å². The Labute approximate surface area is 244 Å². The molecule has 228 valence electrons. The molecular formula is C26H34F3N3O6S3. The zero-order valence-corrected chi connectivity index (χ0v) is 25.4. The summed E-state index contributed by atoms with van der Waals surface area (Å²) in [5.41, 5.74) is -3.35. The van der Waals surface area contributed by atoms with Crippen LogP contribution in [0.2, 0.25) is 0 Å². The van der Waals surface area contributed by atoms with Crippen LogP contribution in [0.4, 0.5) is 18.9 Å². The molecule has 2 fully saturated rings. The van der Waals surface area contributed by atoms with Gasteiger partial charge in [-0.3, -0.25) is 0 Å². The summed E-state index contributed by atoms with van der Waals surface area (Å²) in [6.07, 6.45) is 1.35. The maximum Gasteiger partial charge on any atom is 0.421 e. The summed E-state index contributed by atoms with van der Waals surface area (Å²) >= 11 is 5.30. The Kier molecular flexibility index (Phi) is 8.85. The minimum absolute atomic E-state index is 0.0278. The average Bonchev–Trinajstić information content (AvgIpc) is 2.86. The van der Waals surface area contributed by atoms with Crippen LogP contribution in [-0.2, 0) is 30.4 Å². The Morgan fingerprint density at radius 2 is 1.78 bits per heavy atom. The first-order chi connectivity index (χ1) is 18.8. The van der Waals surface area contributed by atoms with Crippen molar-refractivity contribution in [1.82, 2.24) is 8.61 Å². The molecule has 2 aliphatic heterocycles. The molecular weight excluding hydrogens is 603 g/mol. The first-order valence-corrected chi connectivity index (χ1v) is 16.6. The van der Waals surface area contributed by atoms with E-state index in [0.717, 1.165) is 6.26 Å². The molecule has 1 aliphatic carbocycles. The monoisotopic (exact) mass is 637 g/mol. The van der Waals surface area contributed by atoms with Crippen molar-refractivity contribution in [1.29, 1.82) is 0 Å². The summed E-state index contributed by atoms with van der Waals surface area (Å²) in [6, 6.07) is 4.49. The zero-order valence-electron chi connectivity index (χ0n) is 23.0. The molecule has 0 spiro atoms. The van der Waals surface area contributed by atoms with Gasteiger partial charge in [-0.2, -0.15) is 21.8 Å². The number of allylic oxidation sites excluding steroid dienone is 4. The maximum atomic E-state index is 13.6. The number of sulfonamides is 2. The van der Waals surface area contributed by atoms with Crippen LogP contribution in [0, 0.1) is 5.41 Å². The van der Waals surface area contributed by atoms with Gasteiger partial charge in [0.05, 0.1) is 30.4 Å². The molecule has 1 aromatic rings. The summed E-state index contributed by atoms with van der Waals surface area (Å²) < 4.78 is 101. The third-order valence-electron chi connectivity index (χ3n) is 7.68. The molecule has 0 bridgehead atoms. The maximum absolute atomic E-state index is 13.6. The van der Waals surface area contributed by atoms with Gasteiger partial charge in [0.15, 0.2) is 5.60 Å². The van der Waals surface area contributed by atoms with Crippen LogP contribution in [0.3, 0.4) is 0 Å². The van der Waals surface area contributed by atoms with Crippen molar-refractivity contribution in [3.05, 3.63) is 53.0 Å². The van der Waals surface area contributed by atoms with Gasteiger partial charge in [0, 0.05) is 55.1 Å². The van der Waals surface area contributed by atoms with Crippen molar-refractivity contribution in [2.45, 2.75) is 38.1 Å². The van der Waals surface area contributed by atoms with Crippen LogP contribution >= 0.6 is 12.2 Å². The van der Waals surface area contributed by atoms with E-state index in [2.05, 4.69) is 0 Å². The quantitative estimate of drug-likeness (QED) is 0.412. The van der Waals surface area contributed by atoms with Crippen molar-refractivity contribution in [2.75, 3.05) is 57.1 Å². The molecule has 0 unspecified atom stereocenters. The van der Waals surface area contributed by atoms with Crippen LogP contribution in [0.15, 0.2) is 47.4 Å². The molecule has 2 saturated heterocycles. The smallest absolute Gasteiger partial charge is 0.380 e. The largest absolute Gasteiger partial charge is 0.421 e. The number of anilines is 1. The van der Waals surface area contributed by atoms with E-state index >= 15 is 0 Å². The molecule has 2 atom stereocenters. The van der Waals surface area contributed by atoms with E-state index in [0.29, 0.717) is 32.2 Å². The van der Waals surface area contributed by atoms with Crippen LogP contribution in [0.25, 0.3) is 0 Å². The topological polar surface area (TPSA) is 107 Å². The van der Waals surface area contributed by atoms with E-state index in [1.807, 2.05) is 6.92 Å². The lowest BCUT2D eigenvalue weighted by atomic mass is 9.88. The molecule has 41 heavy (non-hydrogen) atoms. The van der Waals surface area contributed by atoms with Crippen molar-refractivity contribution in [2.24, 2.45) is 5.41 Å². The molecule has 0 amide bonds. The van der Waals surface area contributed by atoms with Crippen molar-refractivity contribution in [3.8, 4) is 0 Å². The van der Waals surface area contributed by atoms with E-state index in [4.69, 9.17) is 17.0 Å². The van der Waals surface area contributed by atoms with Gasteiger partial charge in [-0.05, 0) is 30.7 Å². The van der Waals surface area contributed by atoms with Gasteiger partial charge >= 0.3 is 6.18 Å². The molecule has 1 N–H and O–H groups in total. The predicted octanol–water partition coefficient (Wildman–Crippen LogP) is 2.79. The van der Waals surface area contributed by atoms with Gasteiger partial charge in [0.25, 0.3) is 0 Å². The predicted molar refractivity (Wildman–Crippen MR) is 153 cm³/mol. The summed E-state index contributed by atoms with van der Waals surface area (Å²) in [4.78, 5) is 2.11. The molecule has 2 heterocycles. The van der Waals surface area contributed by atoms with E-state index < -0.39 is 43.3 Å². The molecule has 9 nitrogen and oxygen atoms in total. The van der Waals surface area contributed by atoms with E-state index in [9.17, 15) is 35.1 Å². The summed E-state index contributed by atoms with van der Waals surface area (Å²) in [5, 5.41) is 10.1. The molecule has 3 aliphatic rings. The minimum Gasteiger partial charge on any atom is -0.380 e. The SMILES string of the molecule is CC1(CN(C[C@H]2CN(S(=O)(=O)C3=CC=CCC3=S)CCN2c2ccc([C@@](C)(O)C(F)(F)F)cc2)S(C)(=O)=O)COC1. The Hall–Kier alpha value is -1.88. The number of rotatable bonds is 9. The van der Waals surface area contributed by atoms with Gasteiger partial charge in [-0.15, -0.1) is 0 Å². The zero-order chi connectivity index (χ0) is 30.4. The Morgan fingerprint density at radius 1 is 1.15 bits per heavy atom. The van der Waals surface area contributed by atoms with Crippen LogP contribution in [0.1, 0.15) is 25.8 Å². The van der Waals surface area contributed by atoms with Gasteiger partial charge in [0.1, 0.15) is 0 Å². The number of alkyl halides is 3. The Bertz CT molecular complexity index is 1440. The summed E-state index contributed by atoms with van der Waals surface area (Å²) in [5.74, 6) is 0. The number of thiocarbonyl (C=S) groups is 1. The highest BCUT2D eigenvalue weighted by molar-refractivity contribution is 7.96. The number of piperazine rings is 1. The fraction of sp³-hybridized carbons (Fsp3) is 0.577. The lowest BCUT2D eigenvalue weighted by Crippen LogP contribution is -2.60. The lowest BCUT2D eigenvalue weighted by molar-refractivity contribution is -0.258. The molecule has 0 aromatic heterocycles.